The third kappa shape index (κ3) is 4.60. The van der Waals surface area contributed by atoms with Gasteiger partial charge < -0.3 is 14.6 Å². The third-order valence-corrected chi connectivity index (χ3v) is 5.72. The molecule has 0 aliphatic carbocycles. The van der Waals surface area contributed by atoms with E-state index in [1.54, 1.807) is 32.2 Å². The Balaban J connectivity index is 1.71. The van der Waals surface area contributed by atoms with E-state index in [1.165, 1.54) is 11.8 Å². The normalized spacial score (nSPS) is 11.9. The Labute approximate surface area is 177 Å². The van der Waals surface area contributed by atoms with Gasteiger partial charge in [-0.2, -0.15) is 0 Å². The molecule has 146 valence electrons. The first-order valence-corrected chi connectivity index (χ1v) is 9.99. The lowest BCUT2D eigenvalue weighted by atomic mass is 10.2. The smallest absolute Gasteiger partial charge is 0.237 e. The number of hydrogen-bond donors (Lipinski definition) is 1. The molecular formula is C19H18Cl2N4O2S. The van der Waals surface area contributed by atoms with Gasteiger partial charge in [0.2, 0.25) is 5.91 Å². The number of nitrogens with zero attached hydrogens (tertiary/aromatic N) is 3. The highest BCUT2D eigenvalue weighted by Crippen LogP contribution is 2.29. The summed E-state index contributed by atoms with van der Waals surface area (Å²) in [5.41, 5.74) is 1.38. The summed E-state index contributed by atoms with van der Waals surface area (Å²) >= 11 is 13.4. The Kier molecular flexibility index (Phi) is 6.49. The summed E-state index contributed by atoms with van der Waals surface area (Å²) < 4.78 is 7.02. The SMILES string of the molecule is COc1ccc(-c2nnc(SC(C)C(=O)Nc3cc(Cl)ccc3Cl)n2C)cc1. The number of benzene rings is 2. The molecular weight excluding hydrogens is 419 g/mol. The summed E-state index contributed by atoms with van der Waals surface area (Å²) in [5, 5.41) is 12.4. The number of rotatable bonds is 6. The summed E-state index contributed by atoms with van der Waals surface area (Å²) in [6.45, 7) is 1.79. The lowest BCUT2D eigenvalue weighted by Gasteiger charge is -2.13. The van der Waals surface area contributed by atoms with Crippen molar-refractivity contribution in [3.63, 3.8) is 0 Å². The average Bonchev–Trinajstić information content (AvgIpc) is 3.05. The molecule has 1 atom stereocenters. The van der Waals surface area contributed by atoms with Crippen molar-refractivity contribution >= 4 is 46.6 Å². The van der Waals surface area contributed by atoms with E-state index in [0.717, 1.165) is 11.3 Å². The number of ether oxygens (including phenoxy) is 1. The molecule has 1 amide bonds. The molecule has 2 aromatic carbocycles. The quantitative estimate of drug-likeness (QED) is 0.555. The van der Waals surface area contributed by atoms with Crippen LogP contribution in [0.3, 0.4) is 0 Å². The van der Waals surface area contributed by atoms with Gasteiger partial charge in [0.1, 0.15) is 5.75 Å². The van der Waals surface area contributed by atoms with Gasteiger partial charge in [-0.25, -0.2) is 0 Å². The van der Waals surface area contributed by atoms with Gasteiger partial charge in [-0.3, -0.25) is 4.79 Å². The fourth-order valence-electron chi connectivity index (χ4n) is 2.45. The number of amides is 1. The van der Waals surface area contributed by atoms with Crippen LogP contribution in [0.4, 0.5) is 5.69 Å². The Hall–Kier alpha value is -2.22. The van der Waals surface area contributed by atoms with Crippen LogP contribution in [0.2, 0.25) is 10.0 Å². The minimum absolute atomic E-state index is 0.205. The van der Waals surface area contributed by atoms with E-state index >= 15 is 0 Å². The fraction of sp³-hybridized carbons (Fsp3) is 0.211. The van der Waals surface area contributed by atoms with Gasteiger partial charge in [0, 0.05) is 17.6 Å². The number of thioether (sulfide) groups is 1. The highest BCUT2D eigenvalue weighted by Gasteiger charge is 2.20. The molecule has 1 N–H and O–H groups in total. The molecule has 0 bridgehead atoms. The van der Waals surface area contributed by atoms with E-state index in [0.29, 0.717) is 26.7 Å². The van der Waals surface area contributed by atoms with Crippen molar-refractivity contribution in [1.82, 2.24) is 14.8 Å². The van der Waals surface area contributed by atoms with E-state index in [9.17, 15) is 4.79 Å². The molecule has 3 rings (SSSR count). The average molecular weight is 437 g/mol. The zero-order chi connectivity index (χ0) is 20.3. The molecule has 0 fully saturated rings. The molecule has 3 aromatic rings. The summed E-state index contributed by atoms with van der Waals surface area (Å²) in [4.78, 5) is 12.5. The zero-order valence-electron chi connectivity index (χ0n) is 15.4. The largest absolute Gasteiger partial charge is 0.497 e. The number of hydrogen-bond acceptors (Lipinski definition) is 5. The molecule has 6 nitrogen and oxygen atoms in total. The standard InChI is InChI=1S/C19H18Cl2N4O2S/c1-11(18(26)22-16-10-13(20)6-9-15(16)21)28-19-24-23-17(25(19)2)12-4-7-14(27-3)8-5-12/h4-11H,1-3H3,(H,22,26). The van der Waals surface area contributed by atoms with Crippen LogP contribution in [0.5, 0.6) is 5.75 Å². The minimum atomic E-state index is -0.415. The molecule has 28 heavy (non-hydrogen) atoms. The number of anilines is 1. The van der Waals surface area contributed by atoms with Crippen LogP contribution >= 0.6 is 35.0 Å². The van der Waals surface area contributed by atoms with Crippen LogP contribution in [-0.2, 0) is 11.8 Å². The minimum Gasteiger partial charge on any atom is -0.497 e. The molecule has 0 saturated heterocycles. The Morgan fingerprint density at radius 1 is 1.18 bits per heavy atom. The lowest BCUT2D eigenvalue weighted by molar-refractivity contribution is -0.115. The first-order valence-electron chi connectivity index (χ1n) is 8.35. The molecule has 1 aromatic heterocycles. The Morgan fingerprint density at radius 3 is 2.57 bits per heavy atom. The molecule has 0 saturated carbocycles. The number of aromatic nitrogens is 3. The maximum atomic E-state index is 12.5. The topological polar surface area (TPSA) is 69.0 Å². The first kappa shape index (κ1) is 20.5. The van der Waals surface area contributed by atoms with Gasteiger partial charge >= 0.3 is 0 Å². The fourth-order valence-corrected chi connectivity index (χ4v) is 3.60. The second-order valence-corrected chi connectivity index (χ2v) is 8.12. The number of methoxy groups -OCH3 is 1. The molecule has 9 heteroatoms. The van der Waals surface area contributed by atoms with Crippen LogP contribution in [0.25, 0.3) is 11.4 Å². The number of halogens is 2. The molecule has 1 heterocycles. The van der Waals surface area contributed by atoms with Crippen molar-refractivity contribution < 1.29 is 9.53 Å². The number of carbonyl (C=O) groups excluding carboxylic acids is 1. The van der Waals surface area contributed by atoms with E-state index in [-0.39, 0.29) is 5.91 Å². The maximum absolute atomic E-state index is 12.5. The third-order valence-electron chi connectivity index (χ3n) is 4.02. The number of carbonyl (C=O) groups is 1. The highest BCUT2D eigenvalue weighted by molar-refractivity contribution is 8.00. The van der Waals surface area contributed by atoms with Crippen LogP contribution in [0.1, 0.15) is 6.92 Å². The number of nitrogens with one attached hydrogen (secondary N) is 1. The van der Waals surface area contributed by atoms with E-state index in [1.807, 2.05) is 35.9 Å². The monoisotopic (exact) mass is 436 g/mol. The van der Waals surface area contributed by atoms with E-state index in [4.69, 9.17) is 27.9 Å². The molecule has 0 spiro atoms. The van der Waals surface area contributed by atoms with Crippen molar-refractivity contribution in [1.29, 1.82) is 0 Å². The van der Waals surface area contributed by atoms with Crippen molar-refractivity contribution in [2.75, 3.05) is 12.4 Å². The summed E-state index contributed by atoms with van der Waals surface area (Å²) in [6, 6.07) is 12.5. The van der Waals surface area contributed by atoms with Crippen LogP contribution < -0.4 is 10.1 Å². The van der Waals surface area contributed by atoms with Crippen molar-refractivity contribution in [3.8, 4) is 17.1 Å². The maximum Gasteiger partial charge on any atom is 0.237 e. The van der Waals surface area contributed by atoms with Gasteiger partial charge in [-0.15, -0.1) is 10.2 Å². The Morgan fingerprint density at radius 2 is 1.89 bits per heavy atom. The van der Waals surface area contributed by atoms with Crippen LogP contribution in [0.15, 0.2) is 47.6 Å². The van der Waals surface area contributed by atoms with E-state index < -0.39 is 5.25 Å². The first-order chi connectivity index (χ1) is 13.4. The predicted octanol–water partition coefficient (Wildman–Crippen LogP) is 4.92. The van der Waals surface area contributed by atoms with Gasteiger partial charge in [0.05, 0.1) is 23.1 Å². The van der Waals surface area contributed by atoms with Crippen molar-refractivity contribution in [2.45, 2.75) is 17.3 Å². The van der Waals surface area contributed by atoms with E-state index in [2.05, 4.69) is 15.5 Å². The molecule has 1 unspecified atom stereocenters. The van der Waals surface area contributed by atoms with Gasteiger partial charge in [0.15, 0.2) is 11.0 Å². The second-order valence-electron chi connectivity index (χ2n) is 5.97. The van der Waals surface area contributed by atoms with Gasteiger partial charge in [-0.05, 0) is 49.4 Å². The van der Waals surface area contributed by atoms with Crippen LogP contribution in [0, 0.1) is 0 Å². The van der Waals surface area contributed by atoms with Crippen LogP contribution in [-0.4, -0.2) is 33.0 Å². The summed E-state index contributed by atoms with van der Waals surface area (Å²) in [6.07, 6.45) is 0. The molecule has 0 aliphatic heterocycles. The molecule has 0 radical (unpaired) electrons. The summed E-state index contributed by atoms with van der Waals surface area (Å²) in [7, 11) is 3.48. The van der Waals surface area contributed by atoms with Gasteiger partial charge in [-0.1, -0.05) is 35.0 Å². The van der Waals surface area contributed by atoms with Crippen molar-refractivity contribution in [3.05, 3.63) is 52.5 Å². The second kappa shape index (κ2) is 8.86. The lowest BCUT2D eigenvalue weighted by Crippen LogP contribution is -2.23. The Bertz CT molecular complexity index is 992. The highest BCUT2D eigenvalue weighted by atomic mass is 35.5. The van der Waals surface area contributed by atoms with Gasteiger partial charge in [0.25, 0.3) is 0 Å². The van der Waals surface area contributed by atoms with Crippen molar-refractivity contribution in [2.24, 2.45) is 7.05 Å². The predicted molar refractivity (Wildman–Crippen MR) is 113 cm³/mol. The summed E-state index contributed by atoms with van der Waals surface area (Å²) in [5.74, 6) is 1.27. The zero-order valence-corrected chi connectivity index (χ0v) is 17.8. The molecule has 0 aliphatic rings.